The number of likely N-dealkylation sites (N-methyl/N-ethyl adjacent to an activating group) is 1. The van der Waals surface area contributed by atoms with Crippen molar-refractivity contribution in [3.05, 3.63) is 24.3 Å². The molecule has 1 heterocycles. The molecule has 1 aromatic carbocycles. The number of amides is 1. The van der Waals surface area contributed by atoms with Crippen LogP contribution in [0.25, 0.3) is 0 Å². The zero-order valence-electron chi connectivity index (χ0n) is 10.2. The van der Waals surface area contributed by atoms with Crippen LogP contribution in [-0.2, 0) is 4.79 Å². The highest BCUT2D eigenvalue weighted by atomic mass is 19.4. The molecule has 7 heteroatoms. The number of carbonyl (C=O) groups excluding carboxylic acids is 1. The van der Waals surface area contributed by atoms with E-state index in [0.29, 0.717) is 18.7 Å². The fraction of sp³-hybridized carbons (Fsp3) is 0.417. The molecule has 1 aromatic rings. The maximum Gasteiger partial charge on any atom is 0.573 e. The van der Waals surface area contributed by atoms with Gasteiger partial charge in [-0.15, -0.1) is 13.2 Å². The highest BCUT2D eigenvalue weighted by Crippen LogP contribution is 2.26. The molecule has 1 atom stereocenters. The normalized spacial score (nSPS) is 19.7. The molecule has 0 bridgehead atoms. The molecule has 0 aromatic heterocycles. The largest absolute Gasteiger partial charge is 0.573 e. The van der Waals surface area contributed by atoms with Crippen molar-refractivity contribution in [3.8, 4) is 5.75 Å². The fourth-order valence-corrected chi connectivity index (χ4v) is 1.94. The van der Waals surface area contributed by atoms with Crippen LogP contribution in [0.2, 0.25) is 0 Å². The van der Waals surface area contributed by atoms with Gasteiger partial charge in [0.2, 0.25) is 5.91 Å². The van der Waals surface area contributed by atoms with E-state index >= 15 is 0 Å². The lowest BCUT2D eigenvalue weighted by atomic mass is 10.2. The van der Waals surface area contributed by atoms with Gasteiger partial charge in [-0.1, -0.05) is 6.07 Å². The third-order valence-corrected chi connectivity index (χ3v) is 2.84. The van der Waals surface area contributed by atoms with Crippen LogP contribution in [0, 0.1) is 0 Å². The zero-order valence-corrected chi connectivity index (χ0v) is 10.2. The predicted octanol–water partition coefficient (Wildman–Crippen LogP) is 2.23. The first-order valence-corrected chi connectivity index (χ1v) is 5.72. The number of carbonyl (C=O) groups is 1. The van der Waals surface area contributed by atoms with E-state index in [2.05, 4.69) is 10.1 Å². The lowest BCUT2D eigenvalue weighted by Gasteiger charge is -2.15. The Morgan fingerprint density at radius 3 is 2.74 bits per heavy atom. The monoisotopic (exact) mass is 274 g/mol. The minimum atomic E-state index is -4.72. The van der Waals surface area contributed by atoms with Crippen molar-refractivity contribution in [2.45, 2.75) is 18.8 Å². The van der Waals surface area contributed by atoms with Crippen LogP contribution in [0.3, 0.4) is 0 Å². The van der Waals surface area contributed by atoms with E-state index in [4.69, 9.17) is 0 Å². The maximum atomic E-state index is 12.1. The van der Waals surface area contributed by atoms with Gasteiger partial charge in [0.1, 0.15) is 11.8 Å². The Bertz CT molecular complexity index is 476. The summed E-state index contributed by atoms with van der Waals surface area (Å²) >= 11 is 0. The van der Waals surface area contributed by atoms with Gasteiger partial charge in [-0.25, -0.2) is 0 Å². The van der Waals surface area contributed by atoms with Crippen molar-refractivity contribution in [3.63, 3.8) is 0 Å². The molecule has 0 spiro atoms. The summed E-state index contributed by atoms with van der Waals surface area (Å²) in [6.07, 6.45) is -4.10. The summed E-state index contributed by atoms with van der Waals surface area (Å²) in [4.78, 5) is 13.3. The number of likely N-dealkylation sites (tertiary alicyclic amines) is 1. The minimum absolute atomic E-state index is 0.0675. The van der Waals surface area contributed by atoms with Gasteiger partial charge in [0, 0.05) is 25.3 Å². The molecule has 1 fully saturated rings. The Labute approximate surface area is 108 Å². The summed E-state index contributed by atoms with van der Waals surface area (Å²) < 4.78 is 40.1. The lowest BCUT2D eigenvalue weighted by Crippen LogP contribution is -2.30. The number of ether oxygens (including phenoxy) is 1. The SMILES string of the molecule is CN1CCC(Nc2cccc(OC(F)(F)F)c2)C1=O. The minimum Gasteiger partial charge on any atom is -0.406 e. The molecule has 1 amide bonds. The Hall–Kier alpha value is -1.92. The van der Waals surface area contributed by atoms with E-state index < -0.39 is 12.4 Å². The number of alkyl halides is 3. The maximum absolute atomic E-state index is 12.1. The number of halogens is 3. The molecule has 0 radical (unpaired) electrons. The summed E-state index contributed by atoms with van der Waals surface area (Å²) in [6.45, 7) is 0.634. The molecule has 1 N–H and O–H groups in total. The number of nitrogens with one attached hydrogen (secondary N) is 1. The van der Waals surface area contributed by atoms with Gasteiger partial charge in [-0.3, -0.25) is 4.79 Å². The zero-order chi connectivity index (χ0) is 14.0. The van der Waals surface area contributed by atoms with Crippen molar-refractivity contribution in [2.75, 3.05) is 18.9 Å². The second kappa shape index (κ2) is 4.99. The predicted molar refractivity (Wildman–Crippen MR) is 62.8 cm³/mol. The number of hydrogen-bond donors (Lipinski definition) is 1. The molecule has 0 aliphatic carbocycles. The molecular formula is C12H13F3N2O2. The Kier molecular flexibility index (Phi) is 3.55. The van der Waals surface area contributed by atoms with Gasteiger partial charge in [0.25, 0.3) is 0 Å². The summed E-state index contributed by atoms with van der Waals surface area (Å²) in [5, 5.41) is 2.91. The first-order valence-electron chi connectivity index (χ1n) is 5.72. The molecule has 2 rings (SSSR count). The molecule has 0 saturated carbocycles. The second-order valence-corrected chi connectivity index (χ2v) is 4.32. The summed E-state index contributed by atoms with van der Waals surface area (Å²) in [7, 11) is 1.69. The molecule has 1 aliphatic heterocycles. The lowest BCUT2D eigenvalue weighted by molar-refractivity contribution is -0.274. The summed E-state index contributed by atoms with van der Waals surface area (Å²) in [6, 6.07) is 5.06. The summed E-state index contributed by atoms with van der Waals surface area (Å²) in [5.41, 5.74) is 0.426. The van der Waals surface area contributed by atoms with Gasteiger partial charge in [0.05, 0.1) is 0 Å². The molecular weight excluding hydrogens is 261 g/mol. The summed E-state index contributed by atoms with van der Waals surface area (Å²) in [5.74, 6) is -0.376. The highest BCUT2D eigenvalue weighted by molar-refractivity contribution is 5.86. The van der Waals surface area contributed by atoms with Crippen molar-refractivity contribution >= 4 is 11.6 Å². The fourth-order valence-electron chi connectivity index (χ4n) is 1.94. The van der Waals surface area contributed by atoms with E-state index in [1.54, 1.807) is 18.0 Å². The van der Waals surface area contributed by atoms with Crippen LogP contribution in [0.5, 0.6) is 5.75 Å². The van der Waals surface area contributed by atoms with Gasteiger partial charge in [0.15, 0.2) is 0 Å². The van der Waals surface area contributed by atoms with E-state index in [9.17, 15) is 18.0 Å². The first-order chi connectivity index (χ1) is 8.85. The van der Waals surface area contributed by atoms with E-state index in [-0.39, 0.29) is 11.7 Å². The number of hydrogen-bond acceptors (Lipinski definition) is 3. The van der Waals surface area contributed by atoms with Gasteiger partial charge < -0.3 is 15.0 Å². The average Bonchev–Trinajstić information content (AvgIpc) is 2.59. The molecule has 1 saturated heterocycles. The van der Waals surface area contributed by atoms with Crippen molar-refractivity contribution < 1.29 is 22.7 Å². The van der Waals surface area contributed by atoms with E-state index in [0.717, 1.165) is 0 Å². The molecule has 4 nitrogen and oxygen atoms in total. The number of benzene rings is 1. The van der Waals surface area contributed by atoms with Crippen molar-refractivity contribution in [2.24, 2.45) is 0 Å². The molecule has 104 valence electrons. The quantitative estimate of drug-likeness (QED) is 0.919. The van der Waals surface area contributed by atoms with Crippen molar-refractivity contribution in [1.82, 2.24) is 4.90 Å². The Morgan fingerprint density at radius 2 is 2.16 bits per heavy atom. The van der Waals surface area contributed by atoms with Crippen LogP contribution in [0.4, 0.5) is 18.9 Å². The van der Waals surface area contributed by atoms with E-state index in [1.165, 1.54) is 18.2 Å². The first kappa shape index (κ1) is 13.5. The number of anilines is 1. The van der Waals surface area contributed by atoms with Crippen molar-refractivity contribution in [1.29, 1.82) is 0 Å². The number of nitrogens with zero attached hydrogens (tertiary/aromatic N) is 1. The van der Waals surface area contributed by atoms with E-state index in [1.807, 2.05) is 0 Å². The smallest absolute Gasteiger partial charge is 0.406 e. The Balaban J connectivity index is 2.05. The highest BCUT2D eigenvalue weighted by Gasteiger charge is 2.32. The average molecular weight is 274 g/mol. The van der Waals surface area contributed by atoms with Crippen LogP contribution in [0.1, 0.15) is 6.42 Å². The standard InChI is InChI=1S/C12H13F3N2O2/c1-17-6-5-10(11(17)18)16-8-3-2-4-9(7-8)19-12(13,14)15/h2-4,7,10,16H,5-6H2,1H3. The van der Waals surface area contributed by atoms with Gasteiger partial charge >= 0.3 is 6.36 Å². The second-order valence-electron chi connectivity index (χ2n) is 4.32. The van der Waals surface area contributed by atoms with Gasteiger partial charge in [-0.2, -0.15) is 0 Å². The molecule has 1 aliphatic rings. The van der Waals surface area contributed by atoms with Crippen LogP contribution >= 0.6 is 0 Å². The van der Waals surface area contributed by atoms with Crippen LogP contribution in [-0.4, -0.2) is 36.8 Å². The third-order valence-electron chi connectivity index (χ3n) is 2.84. The Morgan fingerprint density at radius 1 is 1.42 bits per heavy atom. The van der Waals surface area contributed by atoms with Crippen LogP contribution < -0.4 is 10.1 Å². The van der Waals surface area contributed by atoms with Gasteiger partial charge in [-0.05, 0) is 18.6 Å². The van der Waals surface area contributed by atoms with Crippen LogP contribution in [0.15, 0.2) is 24.3 Å². The molecule has 1 unspecified atom stereocenters. The number of rotatable bonds is 3. The third kappa shape index (κ3) is 3.52. The molecule has 19 heavy (non-hydrogen) atoms. The topological polar surface area (TPSA) is 41.6 Å².